The minimum absolute atomic E-state index is 0.120. The SMILES string of the molecule is Cc1[nH]c(C(=O)OC(C)C(=O)NC2CCCCC2C)c(C)c1C(=O)OC(C)C. The van der Waals surface area contributed by atoms with E-state index in [4.69, 9.17) is 9.47 Å². The quantitative estimate of drug-likeness (QED) is 0.723. The summed E-state index contributed by atoms with van der Waals surface area (Å²) < 4.78 is 10.6. The number of nitrogens with one attached hydrogen (secondary N) is 2. The summed E-state index contributed by atoms with van der Waals surface area (Å²) in [5.74, 6) is -1.03. The van der Waals surface area contributed by atoms with Crippen LogP contribution in [0.3, 0.4) is 0 Å². The Kier molecular flexibility index (Phi) is 7.27. The van der Waals surface area contributed by atoms with E-state index >= 15 is 0 Å². The molecule has 7 nitrogen and oxygen atoms in total. The first-order valence-electron chi connectivity index (χ1n) is 10.0. The van der Waals surface area contributed by atoms with Crippen molar-refractivity contribution in [1.82, 2.24) is 10.3 Å². The number of amides is 1. The number of carbonyl (C=O) groups is 3. The topological polar surface area (TPSA) is 97.5 Å². The molecule has 3 unspecified atom stereocenters. The molecule has 1 aromatic rings. The Labute approximate surface area is 166 Å². The van der Waals surface area contributed by atoms with Crippen LogP contribution in [-0.2, 0) is 14.3 Å². The van der Waals surface area contributed by atoms with Crippen LogP contribution in [0.15, 0.2) is 0 Å². The largest absolute Gasteiger partial charge is 0.459 e. The predicted molar refractivity (Wildman–Crippen MR) is 105 cm³/mol. The fourth-order valence-electron chi connectivity index (χ4n) is 3.64. The molecule has 0 bridgehead atoms. The molecule has 1 fully saturated rings. The number of aryl methyl sites for hydroxylation is 1. The Bertz CT molecular complexity index is 737. The second-order valence-corrected chi connectivity index (χ2v) is 8.00. The van der Waals surface area contributed by atoms with Crippen molar-refractivity contribution < 1.29 is 23.9 Å². The zero-order valence-electron chi connectivity index (χ0n) is 17.7. The molecule has 156 valence electrons. The van der Waals surface area contributed by atoms with Crippen LogP contribution in [0.4, 0.5) is 0 Å². The number of ether oxygens (including phenoxy) is 2. The van der Waals surface area contributed by atoms with E-state index in [-0.39, 0.29) is 23.7 Å². The van der Waals surface area contributed by atoms with Crippen LogP contribution in [-0.4, -0.2) is 41.1 Å². The fourth-order valence-corrected chi connectivity index (χ4v) is 3.64. The lowest BCUT2D eigenvalue weighted by Gasteiger charge is -2.30. The summed E-state index contributed by atoms with van der Waals surface area (Å²) in [7, 11) is 0. The number of esters is 2. The van der Waals surface area contributed by atoms with Crippen LogP contribution in [0.25, 0.3) is 0 Å². The molecule has 0 saturated heterocycles. The Morgan fingerprint density at radius 2 is 1.68 bits per heavy atom. The number of aromatic nitrogens is 1. The van der Waals surface area contributed by atoms with Crippen LogP contribution in [0.1, 0.15) is 85.5 Å². The number of carbonyl (C=O) groups excluding carboxylic acids is 3. The van der Waals surface area contributed by atoms with Crippen molar-refractivity contribution in [2.45, 2.75) is 85.5 Å². The van der Waals surface area contributed by atoms with Gasteiger partial charge in [-0.25, -0.2) is 9.59 Å². The molecule has 7 heteroatoms. The molecule has 0 aliphatic heterocycles. The zero-order chi connectivity index (χ0) is 21.0. The Morgan fingerprint density at radius 1 is 1.04 bits per heavy atom. The molecular weight excluding hydrogens is 360 g/mol. The van der Waals surface area contributed by atoms with Gasteiger partial charge >= 0.3 is 11.9 Å². The van der Waals surface area contributed by atoms with Crippen molar-refractivity contribution >= 4 is 17.8 Å². The number of aromatic amines is 1. The smallest absolute Gasteiger partial charge is 0.355 e. The van der Waals surface area contributed by atoms with Gasteiger partial charge in [-0.05, 0) is 58.9 Å². The van der Waals surface area contributed by atoms with E-state index in [2.05, 4.69) is 17.2 Å². The molecule has 2 N–H and O–H groups in total. The molecule has 1 aliphatic rings. The summed E-state index contributed by atoms with van der Waals surface area (Å²) in [4.78, 5) is 40.1. The second kappa shape index (κ2) is 9.26. The normalized spacial score (nSPS) is 20.5. The molecule has 0 radical (unpaired) electrons. The van der Waals surface area contributed by atoms with E-state index in [1.54, 1.807) is 34.6 Å². The maximum absolute atomic E-state index is 12.6. The molecule has 28 heavy (non-hydrogen) atoms. The van der Waals surface area contributed by atoms with Gasteiger partial charge in [-0.3, -0.25) is 4.79 Å². The lowest BCUT2D eigenvalue weighted by Crippen LogP contribution is -2.46. The van der Waals surface area contributed by atoms with Crippen molar-refractivity contribution in [3.05, 3.63) is 22.5 Å². The molecule has 3 atom stereocenters. The summed E-state index contributed by atoms with van der Waals surface area (Å²) in [6.07, 6.45) is 3.14. The van der Waals surface area contributed by atoms with Gasteiger partial charge in [-0.2, -0.15) is 0 Å². The van der Waals surface area contributed by atoms with Gasteiger partial charge in [-0.1, -0.05) is 19.8 Å². The molecule has 2 rings (SSSR count). The molecule has 1 heterocycles. The van der Waals surface area contributed by atoms with Crippen molar-refractivity contribution in [2.24, 2.45) is 5.92 Å². The van der Waals surface area contributed by atoms with E-state index in [1.165, 1.54) is 6.42 Å². The molecule has 0 aromatic carbocycles. The van der Waals surface area contributed by atoms with Gasteiger partial charge in [0, 0.05) is 11.7 Å². The zero-order valence-corrected chi connectivity index (χ0v) is 17.7. The van der Waals surface area contributed by atoms with Crippen molar-refractivity contribution in [3.8, 4) is 0 Å². The van der Waals surface area contributed by atoms with E-state index in [0.29, 0.717) is 22.7 Å². The summed E-state index contributed by atoms with van der Waals surface area (Å²) in [6.45, 7) is 10.6. The third kappa shape index (κ3) is 5.14. The average molecular weight is 392 g/mol. The molecule has 1 amide bonds. The third-order valence-corrected chi connectivity index (χ3v) is 5.28. The van der Waals surface area contributed by atoms with Gasteiger partial charge in [0.05, 0.1) is 11.7 Å². The molecule has 1 aliphatic carbocycles. The number of hydrogen-bond donors (Lipinski definition) is 2. The van der Waals surface area contributed by atoms with Gasteiger partial charge in [-0.15, -0.1) is 0 Å². The van der Waals surface area contributed by atoms with Gasteiger partial charge in [0.2, 0.25) is 0 Å². The molecule has 1 saturated carbocycles. The first-order valence-corrected chi connectivity index (χ1v) is 10.0. The minimum Gasteiger partial charge on any atom is -0.459 e. The Morgan fingerprint density at radius 3 is 2.29 bits per heavy atom. The number of H-pyrrole nitrogens is 1. The highest BCUT2D eigenvalue weighted by Crippen LogP contribution is 2.24. The van der Waals surface area contributed by atoms with Crippen LogP contribution < -0.4 is 5.32 Å². The maximum Gasteiger partial charge on any atom is 0.355 e. The maximum atomic E-state index is 12.6. The third-order valence-electron chi connectivity index (χ3n) is 5.28. The van der Waals surface area contributed by atoms with E-state index in [0.717, 1.165) is 19.3 Å². The first kappa shape index (κ1) is 22.0. The lowest BCUT2D eigenvalue weighted by atomic mass is 9.86. The highest BCUT2D eigenvalue weighted by Gasteiger charge is 2.29. The Balaban J connectivity index is 2.03. The molecule has 1 aromatic heterocycles. The molecular formula is C21H32N2O5. The lowest BCUT2D eigenvalue weighted by molar-refractivity contribution is -0.130. The van der Waals surface area contributed by atoms with E-state index < -0.39 is 18.0 Å². The van der Waals surface area contributed by atoms with Gasteiger partial charge in [0.1, 0.15) is 5.69 Å². The monoisotopic (exact) mass is 392 g/mol. The first-order chi connectivity index (χ1) is 13.1. The summed E-state index contributed by atoms with van der Waals surface area (Å²) in [5.41, 5.74) is 1.48. The highest BCUT2D eigenvalue weighted by molar-refractivity contribution is 5.99. The fraction of sp³-hybridized carbons (Fsp3) is 0.667. The second-order valence-electron chi connectivity index (χ2n) is 8.00. The number of hydrogen-bond acceptors (Lipinski definition) is 5. The van der Waals surface area contributed by atoms with Gasteiger partial charge in [0.15, 0.2) is 6.10 Å². The molecule has 0 spiro atoms. The highest BCUT2D eigenvalue weighted by atomic mass is 16.6. The standard InChI is InChI=1S/C21H32N2O5/c1-11(2)27-20(25)17-13(4)18(22-14(17)5)21(26)28-15(6)19(24)23-16-10-8-7-9-12(16)3/h11-12,15-16,22H,7-10H2,1-6H3,(H,23,24). The van der Waals surface area contributed by atoms with Gasteiger partial charge < -0.3 is 19.8 Å². The minimum atomic E-state index is -0.921. The van der Waals surface area contributed by atoms with Crippen molar-refractivity contribution in [1.29, 1.82) is 0 Å². The predicted octanol–water partition coefficient (Wildman–Crippen LogP) is 3.44. The summed E-state index contributed by atoms with van der Waals surface area (Å²) >= 11 is 0. The van der Waals surface area contributed by atoms with Crippen LogP contribution in [0, 0.1) is 19.8 Å². The van der Waals surface area contributed by atoms with Crippen LogP contribution in [0.5, 0.6) is 0 Å². The van der Waals surface area contributed by atoms with Gasteiger partial charge in [0.25, 0.3) is 5.91 Å². The summed E-state index contributed by atoms with van der Waals surface area (Å²) in [6, 6.07) is 0.120. The Hall–Kier alpha value is -2.31. The van der Waals surface area contributed by atoms with E-state index in [9.17, 15) is 14.4 Å². The summed E-state index contributed by atoms with van der Waals surface area (Å²) in [5, 5.41) is 3.00. The van der Waals surface area contributed by atoms with Crippen molar-refractivity contribution in [2.75, 3.05) is 0 Å². The van der Waals surface area contributed by atoms with E-state index in [1.807, 2.05) is 0 Å². The number of rotatable bonds is 6. The van der Waals surface area contributed by atoms with Crippen LogP contribution >= 0.6 is 0 Å². The average Bonchev–Trinajstić information content (AvgIpc) is 2.90. The van der Waals surface area contributed by atoms with Crippen molar-refractivity contribution in [3.63, 3.8) is 0 Å². The van der Waals surface area contributed by atoms with Crippen LogP contribution in [0.2, 0.25) is 0 Å².